The first-order valence-electron chi connectivity index (χ1n) is 20.4. The average Bonchev–Trinajstić information content (AvgIpc) is 3.91. The predicted molar refractivity (Wildman–Crippen MR) is 242 cm³/mol. The van der Waals surface area contributed by atoms with E-state index in [2.05, 4.69) is 194 Å². The summed E-state index contributed by atoms with van der Waals surface area (Å²) >= 11 is 0. The van der Waals surface area contributed by atoms with Crippen LogP contribution >= 0.6 is 0 Å². The molecule has 0 fully saturated rings. The lowest BCUT2D eigenvalue weighted by Gasteiger charge is -2.31. The first-order valence-corrected chi connectivity index (χ1v) is 20.4. The fourth-order valence-electron chi connectivity index (χ4n) is 10.7. The summed E-state index contributed by atoms with van der Waals surface area (Å²) in [5.41, 5.74) is 22.6. The summed E-state index contributed by atoms with van der Waals surface area (Å²) in [5.74, 6) is 0.706. The summed E-state index contributed by atoms with van der Waals surface area (Å²) in [6.45, 7) is 0. The lowest BCUT2D eigenvalue weighted by molar-refractivity contribution is 0.794. The quantitative estimate of drug-likeness (QED) is 0.179. The Balaban J connectivity index is 1.14. The molecule has 0 saturated heterocycles. The van der Waals surface area contributed by atoms with Gasteiger partial charge in [0, 0.05) is 16.7 Å². The molecule has 0 atom stereocenters. The number of nitrogens with zero attached hydrogens (tertiary/aromatic N) is 2. The van der Waals surface area contributed by atoms with Gasteiger partial charge in [0.15, 0.2) is 5.82 Å². The molecule has 9 aromatic carbocycles. The second kappa shape index (κ2) is 12.2. The number of hydrogen-bond acceptors (Lipinski definition) is 2. The van der Waals surface area contributed by atoms with Crippen molar-refractivity contribution in [2.75, 3.05) is 0 Å². The fraction of sp³-hybridized carbons (Fsp3) is 0.0175. The van der Waals surface area contributed by atoms with Crippen LogP contribution in [0.1, 0.15) is 22.3 Å². The number of rotatable bonds is 4. The minimum atomic E-state index is -0.471. The van der Waals surface area contributed by atoms with Crippen LogP contribution in [0, 0.1) is 0 Å². The standard InChI is InChI=1S/C57H34N2/c1-3-16-35(17-4-1)50-34-51(36-18-5-2-6-19-36)59-56(58-50)39-23-13-22-38(32-39)53-54-44-28-15-21-37-20-14-27-42(52(37)44)45(54)33-49-55(53)43-26-9-12-31-48(43)57(49)46-29-10-7-24-40(46)41-25-8-11-30-47(41)57/h1-34H. The Hall–Kier alpha value is -7.68. The van der Waals surface area contributed by atoms with Crippen LogP contribution in [0.2, 0.25) is 0 Å². The lowest BCUT2D eigenvalue weighted by atomic mass is 9.69. The van der Waals surface area contributed by atoms with Crippen molar-refractivity contribution in [3.8, 4) is 89.5 Å². The van der Waals surface area contributed by atoms with E-state index in [1.165, 1.54) is 83.1 Å². The van der Waals surface area contributed by atoms with Gasteiger partial charge in [-0.05, 0) is 107 Å². The van der Waals surface area contributed by atoms with Crippen LogP contribution in [0.4, 0.5) is 0 Å². The van der Waals surface area contributed by atoms with Gasteiger partial charge < -0.3 is 0 Å². The van der Waals surface area contributed by atoms with E-state index in [0.717, 1.165) is 33.6 Å². The SMILES string of the molecule is c1ccc(-c2cc(-c3ccccc3)nc(-c3cccc(-c4c5c(cc6c4-c4ccccc4C64c6ccccc6-c6ccccc64)-c4cccc6cccc-5c46)c3)n2)cc1. The van der Waals surface area contributed by atoms with E-state index in [1.807, 2.05) is 12.1 Å². The molecule has 10 aromatic rings. The topological polar surface area (TPSA) is 25.8 Å². The summed E-state index contributed by atoms with van der Waals surface area (Å²) < 4.78 is 0. The Morgan fingerprint density at radius 1 is 0.288 bits per heavy atom. The summed E-state index contributed by atoms with van der Waals surface area (Å²) in [6, 6.07) is 75.5. The van der Waals surface area contributed by atoms with Crippen molar-refractivity contribution in [3.05, 3.63) is 229 Å². The van der Waals surface area contributed by atoms with Crippen LogP contribution in [-0.2, 0) is 5.41 Å². The van der Waals surface area contributed by atoms with Crippen molar-refractivity contribution >= 4 is 10.8 Å². The van der Waals surface area contributed by atoms with Gasteiger partial charge in [0.2, 0.25) is 0 Å². The van der Waals surface area contributed by atoms with Crippen molar-refractivity contribution in [1.29, 1.82) is 0 Å². The maximum atomic E-state index is 5.28. The van der Waals surface area contributed by atoms with Gasteiger partial charge in [-0.15, -0.1) is 0 Å². The molecule has 0 radical (unpaired) electrons. The molecule has 59 heavy (non-hydrogen) atoms. The third-order valence-electron chi connectivity index (χ3n) is 13.0. The molecule has 0 bridgehead atoms. The van der Waals surface area contributed by atoms with Gasteiger partial charge in [0.25, 0.3) is 0 Å². The zero-order chi connectivity index (χ0) is 38.7. The normalized spacial score (nSPS) is 13.2. The zero-order valence-electron chi connectivity index (χ0n) is 32.0. The Bertz CT molecular complexity index is 3270. The molecule has 13 rings (SSSR count). The molecule has 0 amide bonds. The van der Waals surface area contributed by atoms with Crippen LogP contribution in [0.3, 0.4) is 0 Å². The molecule has 0 aliphatic heterocycles. The van der Waals surface area contributed by atoms with Gasteiger partial charge in [-0.25, -0.2) is 9.97 Å². The number of aromatic nitrogens is 2. The predicted octanol–water partition coefficient (Wildman–Crippen LogP) is 14.3. The number of benzene rings is 9. The summed E-state index contributed by atoms with van der Waals surface area (Å²) in [5, 5.41) is 2.59. The highest BCUT2D eigenvalue weighted by atomic mass is 14.9. The maximum Gasteiger partial charge on any atom is 0.160 e. The third-order valence-corrected chi connectivity index (χ3v) is 13.0. The fourth-order valence-corrected chi connectivity index (χ4v) is 10.7. The molecule has 1 aromatic heterocycles. The smallest absolute Gasteiger partial charge is 0.160 e. The summed E-state index contributed by atoms with van der Waals surface area (Å²) in [6.07, 6.45) is 0. The average molecular weight is 747 g/mol. The van der Waals surface area contributed by atoms with E-state index < -0.39 is 5.41 Å². The van der Waals surface area contributed by atoms with Gasteiger partial charge in [-0.3, -0.25) is 0 Å². The van der Waals surface area contributed by atoms with E-state index in [9.17, 15) is 0 Å². The van der Waals surface area contributed by atoms with Gasteiger partial charge in [-0.2, -0.15) is 0 Å². The maximum absolute atomic E-state index is 5.28. The third kappa shape index (κ3) is 4.40. The van der Waals surface area contributed by atoms with Gasteiger partial charge in [-0.1, -0.05) is 188 Å². The number of fused-ring (bicyclic) bond motifs is 13. The minimum Gasteiger partial charge on any atom is -0.228 e. The molecule has 1 heterocycles. The monoisotopic (exact) mass is 746 g/mol. The first kappa shape index (κ1) is 32.4. The molecule has 272 valence electrons. The second-order valence-corrected chi connectivity index (χ2v) is 16.0. The molecule has 1 spiro atoms. The molecule has 0 unspecified atom stereocenters. The second-order valence-electron chi connectivity index (χ2n) is 16.0. The highest BCUT2D eigenvalue weighted by molar-refractivity contribution is 6.21. The molecule has 0 saturated carbocycles. The first-order chi connectivity index (χ1) is 29.3. The Labute approximate surface area is 342 Å². The number of hydrogen-bond donors (Lipinski definition) is 0. The van der Waals surface area contributed by atoms with Crippen LogP contribution in [0.25, 0.3) is 100 Å². The summed E-state index contributed by atoms with van der Waals surface area (Å²) in [7, 11) is 0. The van der Waals surface area contributed by atoms with E-state index in [-0.39, 0.29) is 0 Å². The van der Waals surface area contributed by atoms with E-state index in [4.69, 9.17) is 9.97 Å². The van der Waals surface area contributed by atoms with Crippen LogP contribution in [-0.4, -0.2) is 9.97 Å². The molecule has 3 aliphatic carbocycles. The van der Waals surface area contributed by atoms with Crippen LogP contribution in [0.5, 0.6) is 0 Å². The minimum absolute atomic E-state index is 0.471. The molecule has 3 aliphatic rings. The Morgan fingerprint density at radius 2 is 0.780 bits per heavy atom. The van der Waals surface area contributed by atoms with Crippen molar-refractivity contribution in [2.24, 2.45) is 0 Å². The molecule has 2 nitrogen and oxygen atoms in total. The van der Waals surface area contributed by atoms with E-state index >= 15 is 0 Å². The molecule has 2 heteroatoms. The van der Waals surface area contributed by atoms with Crippen molar-refractivity contribution < 1.29 is 0 Å². The van der Waals surface area contributed by atoms with Gasteiger partial charge in [0.05, 0.1) is 16.8 Å². The van der Waals surface area contributed by atoms with Gasteiger partial charge >= 0.3 is 0 Å². The van der Waals surface area contributed by atoms with Crippen molar-refractivity contribution in [1.82, 2.24) is 9.97 Å². The highest BCUT2D eigenvalue weighted by Gasteiger charge is 2.53. The van der Waals surface area contributed by atoms with Gasteiger partial charge in [0.1, 0.15) is 0 Å². The lowest BCUT2D eigenvalue weighted by Crippen LogP contribution is -2.26. The van der Waals surface area contributed by atoms with E-state index in [0.29, 0.717) is 5.82 Å². The summed E-state index contributed by atoms with van der Waals surface area (Å²) in [4.78, 5) is 10.6. The van der Waals surface area contributed by atoms with Crippen LogP contribution < -0.4 is 0 Å². The van der Waals surface area contributed by atoms with E-state index in [1.54, 1.807) is 0 Å². The largest absolute Gasteiger partial charge is 0.228 e. The molecular weight excluding hydrogens is 713 g/mol. The van der Waals surface area contributed by atoms with Crippen molar-refractivity contribution in [2.45, 2.75) is 5.41 Å². The van der Waals surface area contributed by atoms with Crippen LogP contribution in [0.15, 0.2) is 206 Å². The zero-order valence-corrected chi connectivity index (χ0v) is 32.0. The Kier molecular flexibility index (Phi) is 6.68. The highest BCUT2D eigenvalue weighted by Crippen LogP contribution is 2.67. The Morgan fingerprint density at radius 3 is 1.42 bits per heavy atom. The molecule has 0 N–H and O–H groups in total. The molecular formula is C57H34N2. The van der Waals surface area contributed by atoms with Crippen molar-refractivity contribution in [3.63, 3.8) is 0 Å².